The Balaban J connectivity index is 2.63. The van der Waals surface area contributed by atoms with Crippen LogP contribution in [-0.2, 0) is 11.8 Å². The molecule has 0 unspecified atom stereocenters. The number of carboxylic acids is 1. The van der Waals surface area contributed by atoms with Gasteiger partial charge >= 0.3 is 12.1 Å². The highest BCUT2D eigenvalue weighted by molar-refractivity contribution is 6.43. The Morgan fingerprint density at radius 2 is 1.91 bits per heavy atom. The number of rotatable bonds is 7. The van der Waals surface area contributed by atoms with E-state index in [2.05, 4.69) is 0 Å². The Morgan fingerprint density at radius 3 is 2.36 bits per heavy atom. The van der Waals surface area contributed by atoms with Gasteiger partial charge in [-0.2, -0.15) is 13.2 Å². The Morgan fingerprint density at radius 1 is 1.32 bits per heavy atom. The number of aryl methyl sites for hydroxylation is 1. The topological polar surface area (TPSA) is 76.4 Å². The van der Waals surface area contributed by atoms with Gasteiger partial charge in [-0.05, 0) is 18.9 Å². The van der Waals surface area contributed by atoms with Crippen LogP contribution in [0, 0.1) is 5.92 Å². The summed E-state index contributed by atoms with van der Waals surface area (Å²) in [6.07, 6.45) is -3.72. The second-order valence-corrected chi connectivity index (χ2v) is 5.12. The molecule has 0 radical (unpaired) electrons. The Kier molecular flexibility index (Phi) is 5.51. The largest absolute Gasteiger partial charge is 0.478 e. The molecule has 122 valence electrons. The van der Waals surface area contributed by atoms with Crippen molar-refractivity contribution >= 4 is 17.5 Å². The first-order valence-corrected chi connectivity index (χ1v) is 6.58. The third-order valence-corrected chi connectivity index (χ3v) is 3.34. The number of halogens is 3. The number of aromatic carboxylic acids is 1. The van der Waals surface area contributed by atoms with Crippen LogP contribution in [0.15, 0.2) is 12.3 Å². The van der Waals surface area contributed by atoms with Crippen molar-refractivity contribution in [1.29, 1.82) is 0 Å². The molecule has 8 heteroatoms. The number of carbonyl (C=O) groups excluding carboxylic acids is 2. The van der Waals surface area contributed by atoms with Gasteiger partial charge in [-0.3, -0.25) is 9.59 Å². The molecule has 5 nitrogen and oxygen atoms in total. The molecule has 1 aromatic heterocycles. The van der Waals surface area contributed by atoms with E-state index in [9.17, 15) is 27.6 Å². The highest BCUT2D eigenvalue weighted by Gasteiger charge is 2.35. The van der Waals surface area contributed by atoms with Gasteiger partial charge in [0.1, 0.15) is 0 Å². The second kappa shape index (κ2) is 6.76. The van der Waals surface area contributed by atoms with Gasteiger partial charge in [0, 0.05) is 19.7 Å². The van der Waals surface area contributed by atoms with Gasteiger partial charge in [-0.25, -0.2) is 4.79 Å². The summed E-state index contributed by atoms with van der Waals surface area (Å²) in [5.41, 5.74) is -0.226. The van der Waals surface area contributed by atoms with Crippen LogP contribution >= 0.6 is 0 Å². The number of hydrogen-bond acceptors (Lipinski definition) is 3. The SMILES string of the molecule is C[C@@H](CCCC(=O)C(=O)c1cc(C(=O)O)cn1C)C(F)(F)F. The van der Waals surface area contributed by atoms with Gasteiger partial charge in [-0.1, -0.05) is 6.92 Å². The summed E-state index contributed by atoms with van der Waals surface area (Å²) in [6, 6.07) is 1.07. The monoisotopic (exact) mass is 319 g/mol. The van der Waals surface area contributed by atoms with Crippen molar-refractivity contribution in [2.45, 2.75) is 32.4 Å². The van der Waals surface area contributed by atoms with Crippen molar-refractivity contribution in [3.05, 3.63) is 23.5 Å². The predicted molar refractivity (Wildman–Crippen MR) is 70.8 cm³/mol. The summed E-state index contributed by atoms with van der Waals surface area (Å²) >= 11 is 0. The first-order valence-electron chi connectivity index (χ1n) is 6.58. The maximum absolute atomic E-state index is 12.3. The highest BCUT2D eigenvalue weighted by atomic mass is 19.4. The molecule has 0 saturated carbocycles. The van der Waals surface area contributed by atoms with Gasteiger partial charge in [0.15, 0.2) is 0 Å². The molecule has 1 heterocycles. The number of aromatic nitrogens is 1. The zero-order valence-corrected chi connectivity index (χ0v) is 12.1. The average molecular weight is 319 g/mol. The quantitative estimate of drug-likeness (QED) is 0.619. The number of nitrogens with zero attached hydrogens (tertiary/aromatic N) is 1. The third-order valence-electron chi connectivity index (χ3n) is 3.34. The summed E-state index contributed by atoms with van der Waals surface area (Å²) in [5, 5.41) is 8.81. The normalized spacial score (nSPS) is 13.0. The van der Waals surface area contributed by atoms with E-state index in [0.29, 0.717) is 0 Å². The highest BCUT2D eigenvalue weighted by Crippen LogP contribution is 2.29. The zero-order chi connectivity index (χ0) is 17.1. The molecule has 1 N–H and O–H groups in total. The first kappa shape index (κ1) is 17.9. The van der Waals surface area contributed by atoms with E-state index in [4.69, 9.17) is 5.11 Å². The van der Waals surface area contributed by atoms with Crippen LogP contribution in [0.1, 0.15) is 47.0 Å². The van der Waals surface area contributed by atoms with Crippen LogP contribution in [0.3, 0.4) is 0 Å². The minimum Gasteiger partial charge on any atom is -0.478 e. The number of carboxylic acid groups (broad SMARTS) is 1. The van der Waals surface area contributed by atoms with Gasteiger partial charge < -0.3 is 9.67 Å². The van der Waals surface area contributed by atoms with Crippen molar-refractivity contribution in [2.24, 2.45) is 13.0 Å². The minimum absolute atomic E-state index is 0.0541. The van der Waals surface area contributed by atoms with Crippen molar-refractivity contribution in [1.82, 2.24) is 4.57 Å². The molecular weight excluding hydrogens is 303 g/mol. The molecule has 0 amide bonds. The molecule has 1 atom stereocenters. The maximum atomic E-state index is 12.3. The summed E-state index contributed by atoms with van der Waals surface area (Å²) in [6.45, 7) is 1.02. The number of hydrogen-bond donors (Lipinski definition) is 1. The van der Waals surface area contributed by atoms with Crippen LogP contribution < -0.4 is 0 Å². The Labute approximate surface area is 124 Å². The van der Waals surface area contributed by atoms with Gasteiger partial charge in [0.2, 0.25) is 11.6 Å². The summed E-state index contributed by atoms with van der Waals surface area (Å²) in [4.78, 5) is 34.4. The molecule has 0 aliphatic rings. The lowest BCUT2D eigenvalue weighted by Gasteiger charge is -2.14. The summed E-state index contributed by atoms with van der Waals surface area (Å²) in [7, 11) is 1.42. The predicted octanol–water partition coefficient (Wildman–Crippen LogP) is 2.84. The Hall–Kier alpha value is -2.12. The van der Waals surface area contributed by atoms with E-state index in [1.54, 1.807) is 0 Å². The number of alkyl halides is 3. The van der Waals surface area contributed by atoms with Gasteiger partial charge in [0.25, 0.3) is 0 Å². The van der Waals surface area contributed by atoms with Crippen LogP contribution in [0.2, 0.25) is 0 Å². The number of ketones is 2. The standard InChI is InChI=1S/C14H16F3NO4/c1-8(14(15,16)17)4-3-5-11(19)12(20)10-6-9(13(21)22)7-18(10)2/h6-8H,3-5H2,1-2H3,(H,21,22)/t8-/m0/s1. The van der Waals surface area contributed by atoms with Crippen molar-refractivity contribution in [3.8, 4) is 0 Å². The summed E-state index contributed by atoms with van der Waals surface area (Å²) in [5.74, 6) is -4.49. The van der Waals surface area contributed by atoms with Crippen molar-refractivity contribution in [2.75, 3.05) is 0 Å². The van der Waals surface area contributed by atoms with Crippen LogP contribution in [-0.4, -0.2) is 33.4 Å². The minimum atomic E-state index is -4.32. The van der Waals surface area contributed by atoms with Gasteiger partial charge in [0.05, 0.1) is 17.2 Å². The third kappa shape index (κ3) is 4.44. The van der Waals surface area contributed by atoms with Crippen LogP contribution in [0.5, 0.6) is 0 Å². The van der Waals surface area contributed by atoms with E-state index in [0.717, 1.165) is 13.0 Å². The Bertz CT molecular complexity index is 589. The smallest absolute Gasteiger partial charge is 0.391 e. The molecule has 0 spiro atoms. The van der Waals surface area contributed by atoms with Crippen molar-refractivity contribution < 1.29 is 32.7 Å². The number of Topliss-reactive ketones (excluding diaryl/α,β-unsaturated/α-hetero) is 2. The number of carbonyl (C=O) groups is 3. The molecule has 0 saturated heterocycles. The molecule has 0 aliphatic carbocycles. The van der Waals surface area contributed by atoms with E-state index in [-0.39, 0.29) is 30.5 Å². The lowest BCUT2D eigenvalue weighted by molar-refractivity contribution is -0.171. The second-order valence-electron chi connectivity index (χ2n) is 5.12. The molecular formula is C14H16F3NO4. The van der Waals surface area contributed by atoms with E-state index >= 15 is 0 Å². The molecule has 0 aromatic carbocycles. The fourth-order valence-electron chi connectivity index (χ4n) is 1.90. The average Bonchev–Trinajstić information content (AvgIpc) is 2.78. The lowest BCUT2D eigenvalue weighted by Crippen LogP contribution is -2.21. The van der Waals surface area contributed by atoms with Crippen LogP contribution in [0.25, 0.3) is 0 Å². The molecule has 1 aromatic rings. The fourth-order valence-corrected chi connectivity index (χ4v) is 1.90. The lowest BCUT2D eigenvalue weighted by atomic mass is 10.0. The van der Waals surface area contributed by atoms with Gasteiger partial charge in [-0.15, -0.1) is 0 Å². The van der Waals surface area contributed by atoms with Crippen molar-refractivity contribution in [3.63, 3.8) is 0 Å². The zero-order valence-electron chi connectivity index (χ0n) is 12.1. The van der Waals surface area contributed by atoms with E-state index < -0.39 is 29.6 Å². The molecule has 0 aliphatic heterocycles. The molecule has 1 rings (SSSR count). The molecule has 0 fully saturated rings. The summed E-state index contributed by atoms with van der Waals surface area (Å²) < 4.78 is 38.2. The molecule has 0 bridgehead atoms. The van der Waals surface area contributed by atoms with Crippen LogP contribution in [0.4, 0.5) is 13.2 Å². The first-order chi connectivity index (χ1) is 10.0. The van der Waals surface area contributed by atoms with E-state index in [1.807, 2.05) is 0 Å². The maximum Gasteiger partial charge on any atom is 0.391 e. The fraction of sp³-hybridized carbons (Fsp3) is 0.500. The molecule has 22 heavy (non-hydrogen) atoms. The van der Waals surface area contributed by atoms with E-state index in [1.165, 1.54) is 17.8 Å².